The number of rotatable bonds is 5. The van der Waals surface area contributed by atoms with Crippen molar-refractivity contribution in [2.45, 2.75) is 24.9 Å². The molecule has 1 aliphatic rings. The number of hydrogen-bond acceptors (Lipinski definition) is 4. The van der Waals surface area contributed by atoms with Crippen molar-refractivity contribution < 1.29 is 9.90 Å². The van der Waals surface area contributed by atoms with Crippen molar-refractivity contribution in [3.05, 3.63) is 0 Å². The Labute approximate surface area is 90.6 Å². The van der Waals surface area contributed by atoms with E-state index in [4.69, 9.17) is 10.8 Å². The molecule has 0 aromatic carbocycles. The van der Waals surface area contributed by atoms with Gasteiger partial charge in [-0.3, -0.25) is 4.79 Å². The molecule has 1 rings (SSSR count). The Bertz CT molecular complexity index is 223. The summed E-state index contributed by atoms with van der Waals surface area (Å²) in [5, 5.41) is 11.9. The van der Waals surface area contributed by atoms with Crippen LogP contribution in [0.25, 0.3) is 0 Å². The lowest BCUT2D eigenvalue weighted by Gasteiger charge is -2.28. The summed E-state index contributed by atoms with van der Waals surface area (Å²) in [6.07, 6.45) is 1.13. The highest BCUT2D eigenvalue weighted by atomic mass is 16.4. The second-order valence-corrected chi connectivity index (χ2v) is 4.39. The smallest absolute Gasteiger partial charge is 0.304 e. The predicted molar refractivity (Wildman–Crippen MR) is 58.7 cm³/mol. The van der Waals surface area contributed by atoms with Gasteiger partial charge in [-0.2, -0.15) is 0 Å². The Morgan fingerprint density at radius 3 is 2.80 bits per heavy atom. The number of likely N-dealkylation sites (tertiary alicyclic amines) is 1. The SMILES string of the molecule is CNC(C(N)CC(=O)O)C1CCN(C)C1. The zero-order valence-electron chi connectivity index (χ0n) is 9.44. The molecule has 4 N–H and O–H groups in total. The van der Waals surface area contributed by atoms with Crippen molar-refractivity contribution in [1.29, 1.82) is 0 Å². The average molecular weight is 215 g/mol. The fourth-order valence-electron chi connectivity index (χ4n) is 2.39. The van der Waals surface area contributed by atoms with Crippen LogP contribution >= 0.6 is 0 Å². The predicted octanol–water partition coefficient (Wildman–Crippen LogP) is -0.672. The normalized spacial score (nSPS) is 26.5. The van der Waals surface area contributed by atoms with E-state index in [0.717, 1.165) is 19.5 Å². The molecule has 0 spiro atoms. The van der Waals surface area contributed by atoms with Gasteiger partial charge in [0.15, 0.2) is 0 Å². The maximum atomic E-state index is 10.6. The first kappa shape index (κ1) is 12.4. The third-order valence-corrected chi connectivity index (χ3v) is 3.14. The molecule has 1 aliphatic heterocycles. The van der Waals surface area contributed by atoms with Crippen LogP contribution in [0.3, 0.4) is 0 Å². The number of hydrogen-bond donors (Lipinski definition) is 3. The Kier molecular flexibility index (Phi) is 4.50. The van der Waals surface area contributed by atoms with E-state index >= 15 is 0 Å². The molecule has 15 heavy (non-hydrogen) atoms. The van der Waals surface area contributed by atoms with Crippen LogP contribution in [0.2, 0.25) is 0 Å². The van der Waals surface area contributed by atoms with Crippen LogP contribution in [0.1, 0.15) is 12.8 Å². The van der Waals surface area contributed by atoms with Crippen molar-refractivity contribution >= 4 is 5.97 Å². The first-order valence-electron chi connectivity index (χ1n) is 5.37. The van der Waals surface area contributed by atoms with Gasteiger partial charge in [0.2, 0.25) is 0 Å². The molecule has 1 fully saturated rings. The van der Waals surface area contributed by atoms with E-state index in [1.165, 1.54) is 0 Å². The zero-order chi connectivity index (χ0) is 11.4. The quantitative estimate of drug-likeness (QED) is 0.567. The van der Waals surface area contributed by atoms with Crippen LogP contribution in [-0.4, -0.2) is 55.2 Å². The summed E-state index contributed by atoms with van der Waals surface area (Å²) in [4.78, 5) is 12.8. The standard InChI is InChI=1S/C10H21N3O2/c1-12-10(8(11)5-9(14)15)7-3-4-13(2)6-7/h7-8,10,12H,3-6,11H2,1-2H3,(H,14,15). The molecule has 0 aliphatic carbocycles. The van der Waals surface area contributed by atoms with Crippen LogP contribution in [-0.2, 0) is 4.79 Å². The number of nitrogens with one attached hydrogen (secondary N) is 1. The molecule has 0 amide bonds. The summed E-state index contributed by atoms with van der Waals surface area (Å²) in [5.41, 5.74) is 5.89. The molecule has 88 valence electrons. The minimum absolute atomic E-state index is 0.0335. The molecule has 0 aromatic rings. The summed E-state index contributed by atoms with van der Waals surface area (Å²) >= 11 is 0. The number of likely N-dealkylation sites (N-methyl/N-ethyl adjacent to an activating group) is 1. The largest absolute Gasteiger partial charge is 0.481 e. The van der Waals surface area contributed by atoms with Crippen LogP contribution in [0.15, 0.2) is 0 Å². The molecular weight excluding hydrogens is 194 g/mol. The van der Waals surface area contributed by atoms with Gasteiger partial charge >= 0.3 is 5.97 Å². The van der Waals surface area contributed by atoms with E-state index in [0.29, 0.717) is 5.92 Å². The van der Waals surface area contributed by atoms with E-state index in [2.05, 4.69) is 17.3 Å². The molecule has 5 nitrogen and oxygen atoms in total. The highest BCUT2D eigenvalue weighted by Crippen LogP contribution is 2.20. The highest BCUT2D eigenvalue weighted by molar-refractivity contribution is 5.67. The topological polar surface area (TPSA) is 78.6 Å². The molecule has 1 saturated heterocycles. The summed E-state index contributed by atoms with van der Waals surface area (Å²) in [7, 11) is 3.93. The number of nitrogens with zero attached hydrogens (tertiary/aromatic N) is 1. The van der Waals surface area contributed by atoms with Gasteiger partial charge in [-0.25, -0.2) is 0 Å². The van der Waals surface area contributed by atoms with Crippen molar-refractivity contribution in [1.82, 2.24) is 10.2 Å². The third kappa shape index (κ3) is 3.44. The van der Waals surface area contributed by atoms with Crippen LogP contribution in [0.5, 0.6) is 0 Å². The molecule has 3 atom stereocenters. The summed E-state index contributed by atoms with van der Waals surface area (Å²) in [6, 6.07) is -0.199. The van der Waals surface area contributed by atoms with Gasteiger partial charge in [0.1, 0.15) is 0 Å². The van der Waals surface area contributed by atoms with Gasteiger partial charge in [-0.15, -0.1) is 0 Å². The second-order valence-electron chi connectivity index (χ2n) is 4.39. The first-order valence-corrected chi connectivity index (χ1v) is 5.37. The van der Waals surface area contributed by atoms with Gasteiger partial charge in [0.25, 0.3) is 0 Å². The monoisotopic (exact) mass is 215 g/mol. The molecular formula is C10H21N3O2. The second kappa shape index (κ2) is 5.44. The van der Waals surface area contributed by atoms with Crippen molar-refractivity contribution in [2.24, 2.45) is 11.7 Å². The van der Waals surface area contributed by atoms with E-state index < -0.39 is 5.97 Å². The number of carboxylic acid groups (broad SMARTS) is 1. The third-order valence-electron chi connectivity index (χ3n) is 3.14. The first-order chi connectivity index (χ1) is 7.04. The van der Waals surface area contributed by atoms with Crippen molar-refractivity contribution in [3.63, 3.8) is 0 Å². The zero-order valence-corrected chi connectivity index (χ0v) is 9.44. The Hall–Kier alpha value is -0.650. The van der Waals surface area contributed by atoms with Crippen LogP contribution in [0.4, 0.5) is 0 Å². The lowest BCUT2D eigenvalue weighted by molar-refractivity contribution is -0.137. The van der Waals surface area contributed by atoms with E-state index in [1.807, 2.05) is 7.05 Å². The molecule has 0 bridgehead atoms. The molecule has 0 saturated carbocycles. The van der Waals surface area contributed by atoms with E-state index in [-0.39, 0.29) is 18.5 Å². The Balaban J connectivity index is 2.50. The van der Waals surface area contributed by atoms with Crippen molar-refractivity contribution in [3.8, 4) is 0 Å². The molecule has 5 heteroatoms. The molecule has 1 heterocycles. The van der Waals surface area contributed by atoms with Crippen LogP contribution < -0.4 is 11.1 Å². The average Bonchev–Trinajstić information content (AvgIpc) is 2.51. The van der Waals surface area contributed by atoms with Gasteiger partial charge < -0.3 is 21.1 Å². The lowest BCUT2D eigenvalue weighted by Crippen LogP contribution is -2.49. The molecule has 0 aromatic heterocycles. The fourth-order valence-corrected chi connectivity index (χ4v) is 2.39. The molecule has 0 radical (unpaired) electrons. The fraction of sp³-hybridized carbons (Fsp3) is 0.900. The van der Waals surface area contributed by atoms with Gasteiger partial charge in [0, 0.05) is 18.6 Å². The number of aliphatic carboxylic acids is 1. The van der Waals surface area contributed by atoms with E-state index in [9.17, 15) is 4.79 Å². The lowest BCUT2D eigenvalue weighted by atomic mass is 9.91. The van der Waals surface area contributed by atoms with Crippen LogP contribution in [0, 0.1) is 5.92 Å². The molecule has 3 unspecified atom stereocenters. The minimum Gasteiger partial charge on any atom is -0.481 e. The summed E-state index contributed by atoms with van der Waals surface area (Å²) < 4.78 is 0. The van der Waals surface area contributed by atoms with Gasteiger partial charge in [-0.1, -0.05) is 0 Å². The van der Waals surface area contributed by atoms with Gasteiger partial charge in [-0.05, 0) is 33.0 Å². The highest BCUT2D eigenvalue weighted by Gasteiger charge is 2.31. The van der Waals surface area contributed by atoms with Crippen molar-refractivity contribution in [2.75, 3.05) is 27.2 Å². The van der Waals surface area contributed by atoms with E-state index in [1.54, 1.807) is 0 Å². The Morgan fingerprint density at radius 2 is 2.40 bits per heavy atom. The maximum absolute atomic E-state index is 10.6. The van der Waals surface area contributed by atoms with Gasteiger partial charge in [0.05, 0.1) is 6.42 Å². The summed E-state index contributed by atoms with van der Waals surface area (Å²) in [6.45, 7) is 2.07. The number of carboxylic acids is 1. The Morgan fingerprint density at radius 1 is 1.73 bits per heavy atom. The number of carbonyl (C=O) groups is 1. The summed E-state index contributed by atoms with van der Waals surface area (Å²) in [5.74, 6) is -0.358. The minimum atomic E-state index is -0.825. The number of nitrogens with two attached hydrogens (primary N) is 1. The maximum Gasteiger partial charge on any atom is 0.304 e.